The molecule has 1 saturated carbocycles. The monoisotopic (exact) mass is 498 g/mol. The fourth-order valence-corrected chi connectivity index (χ4v) is 4.90. The predicted octanol–water partition coefficient (Wildman–Crippen LogP) is 5.25. The van der Waals surface area contributed by atoms with Gasteiger partial charge in [-0.25, -0.2) is 4.79 Å². The van der Waals surface area contributed by atoms with Crippen LogP contribution in [0.5, 0.6) is 0 Å². The van der Waals surface area contributed by atoms with Crippen LogP contribution in [-0.2, 0) is 20.7 Å². The number of allylic oxidation sites excluding steroid dienone is 1. The summed E-state index contributed by atoms with van der Waals surface area (Å²) in [5, 5.41) is 20.5. The third-order valence-electron chi connectivity index (χ3n) is 6.88. The molecular formula is C31H30O6. The van der Waals surface area contributed by atoms with E-state index >= 15 is 0 Å². The van der Waals surface area contributed by atoms with E-state index in [0.29, 0.717) is 19.3 Å². The number of carboxylic acids is 1. The summed E-state index contributed by atoms with van der Waals surface area (Å²) >= 11 is 0. The number of hydrogen-bond donors (Lipinski definition) is 2. The summed E-state index contributed by atoms with van der Waals surface area (Å²) < 4.78 is 5.84. The smallest absolute Gasteiger partial charge is 0.338 e. The highest BCUT2D eigenvalue weighted by molar-refractivity contribution is 5.92. The lowest BCUT2D eigenvalue weighted by molar-refractivity contribution is -0.150. The molecule has 37 heavy (non-hydrogen) atoms. The van der Waals surface area contributed by atoms with Crippen LogP contribution in [0.25, 0.3) is 11.1 Å². The molecule has 0 radical (unpaired) electrons. The Morgan fingerprint density at radius 1 is 0.892 bits per heavy atom. The fourth-order valence-electron chi connectivity index (χ4n) is 4.90. The molecule has 0 amide bonds. The van der Waals surface area contributed by atoms with Crippen molar-refractivity contribution in [2.75, 3.05) is 0 Å². The van der Waals surface area contributed by atoms with Crippen LogP contribution in [0.3, 0.4) is 0 Å². The van der Waals surface area contributed by atoms with Crippen LogP contribution in [0.1, 0.15) is 41.6 Å². The first kappa shape index (κ1) is 26.0. The zero-order chi connectivity index (χ0) is 26.3. The van der Waals surface area contributed by atoms with Crippen LogP contribution < -0.4 is 0 Å². The van der Waals surface area contributed by atoms with Crippen LogP contribution in [0.15, 0.2) is 97.1 Å². The number of aliphatic carboxylic acids is 1. The Bertz CT molecular complexity index is 1270. The topological polar surface area (TPSA) is 101 Å². The van der Waals surface area contributed by atoms with E-state index in [1.807, 2.05) is 66.7 Å². The molecule has 1 aliphatic carbocycles. The van der Waals surface area contributed by atoms with Gasteiger partial charge in [0.25, 0.3) is 0 Å². The Kier molecular flexibility index (Phi) is 8.31. The molecule has 0 saturated heterocycles. The third kappa shape index (κ3) is 6.40. The molecule has 6 heteroatoms. The number of aryl methyl sites for hydroxylation is 1. The molecule has 1 fully saturated rings. The second kappa shape index (κ2) is 11.8. The first-order valence-corrected chi connectivity index (χ1v) is 12.4. The number of esters is 1. The number of carboxylic acid groups (broad SMARTS) is 1. The average molecular weight is 499 g/mol. The molecule has 3 unspecified atom stereocenters. The van der Waals surface area contributed by atoms with E-state index in [1.165, 1.54) is 6.08 Å². The molecule has 190 valence electrons. The first-order valence-electron chi connectivity index (χ1n) is 12.4. The summed E-state index contributed by atoms with van der Waals surface area (Å²) in [7, 11) is 0. The van der Waals surface area contributed by atoms with Gasteiger partial charge >= 0.3 is 11.9 Å². The van der Waals surface area contributed by atoms with Gasteiger partial charge in [0.1, 0.15) is 0 Å². The normalized spacial score (nSPS) is 21.1. The van der Waals surface area contributed by atoms with Gasteiger partial charge in [-0.05, 0) is 54.2 Å². The second-order valence-corrected chi connectivity index (χ2v) is 9.37. The molecule has 0 heterocycles. The Balaban J connectivity index is 1.53. The largest absolute Gasteiger partial charge is 0.481 e. The molecule has 0 aromatic heterocycles. The van der Waals surface area contributed by atoms with Gasteiger partial charge in [0, 0.05) is 12.3 Å². The minimum atomic E-state index is -1.66. The van der Waals surface area contributed by atoms with Gasteiger partial charge in [-0.1, -0.05) is 78.9 Å². The highest BCUT2D eigenvalue weighted by Gasteiger charge is 2.53. The maximum absolute atomic E-state index is 13.2. The minimum Gasteiger partial charge on any atom is -0.481 e. The maximum Gasteiger partial charge on any atom is 0.338 e. The molecule has 6 nitrogen and oxygen atoms in total. The van der Waals surface area contributed by atoms with Crippen molar-refractivity contribution >= 4 is 17.7 Å². The van der Waals surface area contributed by atoms with E-state index in [0.717, 1.165) is 16.7 Å². The number of benzene rings is 3. The Hall–Kier alpha value is -4.03. The van der Waals surface area contributed by atoms with Crippen molar-refractivity contribution in [2.45, 2.75) is 43.8 Å². The van der Waals surface area contributed by atoms with Gasteiger partial charge < -0.3 is 14.9 Å². The number of carbonyl (C=O) groups is 3. The van der Waals surface area contributed by atoms with Gasteiger partial charge in [-0.3, -0.25) is 9.59 Å². The molecule has 0 aliphatic heterocycles. The maximum atomic E-state index is 13.2. The van der Waals surface area contributed by atoms with E-state index in [1.54, 1.807) is 24.3 Å². The number of ether oxygens (including phenoxy) is 1. The fraction of sp³-hybridized carbons (Fsp3) is 0.258. The van der Waals surface area contributed by atoms with Gasteiger partial charge in [-0.2, -0.15) is 0 Å². The van der Waals surface area contributed by atoms with Crippen molar-refractivity contribution in [1.29, 1.82) is 0 Å². The van der Waals surface area contributed by atoms with Gasteiger partial charge in [0.05, 0.1) is 18.1 Å². The SMILES string of the molecule is O=C(O)CC1(OC(=O)c2cccc(-c3ccccc3)c2)C(O)CCC1C=CC(=O)CCc1ccccc1. The Morgan fingerprint density at radius 2 is 1.57 bits per heavy atom. The molecule has 4 rings (SSSR count). The zero-order valence-corrected chi connectivity index (χ0v) is 20.5. The van der Waals surface area contributed by atoms with Gasteiger partial charge in [-0.15, -0.1) is 0 Å². The van der Waals surface area contributed by atoms with Crippen molar-refractivity contribution in [3.63, 3.8) is 0 Å². The summed E-state index contributed by atoms with van der Waals surface area (Å²) in [6.45, 7) is 0. The van der Waals surface area contributed by atoms with Crippen molar-refractivity contribution < 1.29 is 29.3 Å². The number of carbonyl (C=O) groups excluding carboxylic acids is 2. The third-order valence-corrected chi connectivity index (χ3v) is 6.88. The molecule has 3 aromatic carbocycles. The molecular weight excluding hydrogens is 468 g/mol. The summed E-state index contributed by atoms with van der Waals surface area (Å²) in [6.07, 6.45) is 2.83. The lowest BCUT2D eigenvalue weighted by Gasteiger charge is -2.35. The van der Waals surface area contributed by atoms with E-state index in [4.69, 9.17) is 4.74 Å². The lowest BCUT2D eigenvalue weighted by Crippen LogP contribution is -2.48. The van der Waals surface area contributed by atoms with E-state index in [2.05, 4.69) is 0 Å². The van der Waals surface area contributed by atoms with Gasteiger partial charge in [0.2, 0.25) is 0 Å². The van der Waals surface area contributed by atoms with Crippen molar-refractivity contribution in [3.8, 4) is 11.1 Å². The number of aliphatic hydroxyl groups excluding tert-OH is 1. The van der Waals surface area contributed by atoms with Crippen molar-refractivity contribution in [3.05, 3.63) is 108 Å². The standard InChI is InChI=1S/C31H30O6/c32-27(17-14-22-8-3-1-4-9-22)18-15-26-16-19-28(33)31(26,21-29(34)35)37-30(36)25-13-7-12-24(20-25)23-10-5-2-6-11-23/h1-13,15,18,20,26,28,33H,14,16-17,19,21H2,(H,34,35). The molecule has 2 N–H and O–H groups in total. The predicted molar refractivity (Wildman–Crippen MR) is 140 cm³/mol. The van der Waals surface area contributed by atoms with Crippen LogP contribution in [-0.4, -0.2) is 39.6 Å². The second-order valence-electron chi connectivity index (χ2n) is 9.37. The summed E-state index contributed by atoms with van der Waals surface area (Å²) in [5.41, 5.74) is 1.38. The lowest BCUT2D eigenvalue weighted by atomic mass is 9.85. The van der Waals surface area contributed by atoms with E-state index in [-0.39, 0.29) is 17.8 Å². The van der Waals surface area contributed by atoms with Gasteiger partial charge in [0.15, 0.2) is 11.4 Å². The van der Waals surface area contributed by atoms with Crippen LogP contribution in [0.2, 0.25) is 0 Å². The molecule has 0 bridgehead atoms. The van der Waals surface area contributed by atoms with Crippen LogP contribution in [0, 0.1) is 5.92 Å². The molecule has 0 spiro atoms. The quantitative estimate of drug-likeness (QED) is 0.292. The Morgan fingerprint density at radius 3 is 2.27 bits per heavy atom. The average Bonchev–Trinajstić information content (AvgIpc) is 3.20. The minimum absolute atomic E-state index is 0.114. The summed E-state index contributed by atoms with van der Waals surface area (Å²) in [6, 6.07) is 26.1. The number of ketones is 1. The molecule has 3 atom stereocenters. The highest BCUT2D eigenvalue weighted by atomic mass is 16.6. The number of rotatable bonds is 10. The van der Waals surface area contributed by atoms with Crippen LogP contribution >= 0.6 is 0 Å². The van der Waals surface area contributed by atoms with Crippen molar-refractivity contribution in [2.24, 2.45) is 5.92 Å². The number of aliphatic hydroxyl groups is 1. The molecule has 3 aromatic rings. The summed E-state index contributed by atoms with van der Waals surface area (Å²) in [5.74, 6) is -2.63. The first-order chi connectivity index (χ1) is 17.9. The van der Waals surface area contributed by atoms with Crippen LogP contribution in [0.4, 0.5) is 0 Å². The molecule has 1 aliphatic rings. The Labute approximate surface area is 216 Å². The zero-order valence-electron chi connectivity index (χ0n) is 20.5. The van der Waals surface area contributed by atoms with Crippen molar-refractivity contribution in [1.82, 2.24) is 0 Å². The van der Waals surface area contributed by atoms with E-state index < -0.39 is 36.0 Å². The summed E-state index contributed by atoms with van der Waals surface area (Å²) in [4.78, 5) is 37.6. The van der Waals surface area contributed by atoms with E-state index in [9.17, 15) is 24.6 Å². The number of hydrogen-bond acceptors (Lipinski definition) is 5. The highest BCUT2D eigenvalue weighted by Crippen LogP contribution is 2.43.